The average molecular weight is 384 g/mol. The third-order valence-corrected chi connectivity index (χ3v) is 1.96. The maximum atomic E-state index is 3.21. The molecule has 0 saturated carbocycles. The first-order valence-corrected chi connectivity index (χ1v) is 3.85. The SMILES string of the molecule is C[C@@H](c1[c]cccc1)N(C)C.[Cl-].[Hg+]. The molecule has 1 nitrogen and oxygen atoms in total. The number of hydrogen-bond acceptors (Lipinski definition) is 1. The molecule has 68 valence electrons. The van der Waals surface area contributed by atoms with Crippen molar-refractivity contribution in [3.8, 4) is 0 Å². The molecule has 0 fully saturated rings. The minimum atomic E-state index is 0. The van der Waals surface area contributed by atoms with Crippen LogP contribution in [0.1, 0.15) is 18.5 Å². The summed E-state index contributed by atoms with van der Waals surface area (Å²) in [7, 11) is 4.15. The molecule has 0 spiro atoms. The molecular weight excluding hydrogens is 370 g/mol. The van der Waals surface area contributed by atoms with Crippen molar-refractivity contribution in [1.29, 1.82) is 0 Å². The van der Waals surface area contributed by atoms with E-state index in [-0.39, 0.29) is 40.1 Å². The molecule has 0 amide bonds. The van der Waals surface area contributed by atoms with Gasteiger partial charge in [-0.15, -0.1) is 0 Å². The Bertz CT molecular complexity index is 213. The molecule has 0 aliphatic carbocycles. The molecule has 13 heavy (non-hydrogen) atoms. The second-order valence-corrected chi connectivity index (χ2v) is 2.96. The number of nitrogens with zero attached hydrogens (tertiary/aromatic N) is 1. The Labute approximate surface area is 107 Å². The van der Waals surface area contributed by atoms with Crippen LogP contribution in [0.15, 0.2) is 24.3 Å². The van der Waals surface area contributed by atoms with Crippen molar-refractivity contribution in [3.05, 3.63) is 35.9 Å². The van der Waals surface area contributed by atoms with Crippen molar-refractivity contribution in [2.45, 2.75) is 13.0 Å². The van der Waals surface area contributed by atoms with Crippen LogP contribution in [0.3, 0.4) is 0 Å². The van der Waals surface area contributed by atoms with Crippen molar-refractivity contribution >= 4 is 0 Å². The molecule has 0 N–H and O–H groups in total. The van der Waals surface area contributed by atoms with Crippen LogP contribution in [-0.4, -0.2) is 19.0 Å². The Morgan fingerprint density at radius 1 is 1.31 bits per heavy atom. The first kappa shape index (κ1) is 15.9. The number of rotatable bonds is 2. The van der Waals surface area contributed by atoms with E-state index >= 15 is 0 Å². The van der Waals surface area contributed by atoms with Gasteiger partial charge in [0, 0.05) is 6.04 Å². The van der Waals surface area contributed by atoms with E-state index in [1.807, 2.05) is 18.2 Å². The first-order valence-electron chi connectivity index (χ1n) is 3.85. The van der Waals surface area contributed by atoms with Gasteiger partial charge in [0.1, 0.15) is 0 Å². The van der Waals surface area contributed by atoms with Gasteiger partial charge < -0.3 is 17.3 Å². The van der Waals surface area contributed by atoms with Crippen molar-refractivity contribution in [2.75, 3.05) is 14.1 Å². The van der Waals surface area contributed by atoms with E-state index in [9.17, 15) is 0 Å². The molecule has 1 aromatic rings. The summed E-state index contributed by atoms with van der Waals surface area (Å²) < 4.78 is 0. The van der Waals surface area contributed by atoms with E-state index in [1.165, 1.54) is 5.56 Å². The van der Waals surface area contributed by atoms with E-state index in [2.05, 4.69) is 38.1 Å². The van der Waals surface area contributed by atoms with Crippen molar-refractivity contribution < 1.29 is 40.1 Å². The third-order valence-electron chi connectivity index (χ3n) is 1.96. The van der Waals surface area contributed by atoms with E-state index in [1.54, 1.807) is 0 Å². The molecule has 0 bridgehead atoms. The minimum Gasteiger partial charge on any atom is -1.00 e. The number of halogens is 1. The van der Waals surface area contributed by atoms with Crippen molar-refractivity contribution in [2.24, 2.45) is 0 Å². The van der Waals surface area contributed by atoms with Gasteiger partial charge in [-0.1, -0.05) is 24.3 Å². The largest absolute Gasteiger partial charge is 1.00 e. The van der Waals surface area contributed by atoms with Gasteiger partial charge in [0.25, 0.3) is 0 Å². The summed E-state index contributed by atoms with van der Waals surface area (Å²) >= 11 is 0. The van der Waals surface area contributed by atoms with E-state index < -0.39 is 0 Å². The number of benzene rings is 1. The van der Waals surface area contributed by atoms with Crippen molar-refractivity contribution in [3.63, 3.8) is 0 Å². The molecule has 1 rings (SSSR count). The monoisotopic (exact) mass is 385 g/mol. The van der Waals surface area contributed by atoms with E-state index in [0.29, 0.717) is 6.04 Å². The smallest absolute Gasteiger partial charge is 1.00 e. The van der Waals surface area contributed by atoms with Gasteiger partial charge >= 0.3 is 27.7 Å². The maximum absolute atomic E-state index is 3.21. The zero-order valence-corrected chi connectivity index (χ0v) is 14.7. The Balaban J connectivity index is 0. The second kappa shape index (κ2) is 7.78. The van der Waals surface area contributed by atoms with Gasteiger partial charge in [-0.2, -0.15) is 0 Å². The normalized spacial score (nSPS) is 11.4. The zero-order valence-electron chi connectivity index (χ0n) is 8.42. The van der Waals surface area contributed by atoms with Crippen LogP contribution in [-0.2, 0) is 27.7 Å². The molecule has 0 aromatic heterocycles. The standard InChI is InChI=1S/C10H14N.ClH.Hg/c1-9(11(2)3)10-7-5-4-6-8-10;;/h4-7,9H,1-3H3;1H;/q;;+1/p-1/t9-;;/m0../s1. The Kier molecular flexibility index (Phi) is 9.49. The molecule has 0 aliphatic rings. The molecule has 2 radical (unpaired) electrons. The molecule has 1 atom stereocenters. The second-order valence-electron chi connectivity index (χ2n) is 2.96. The number of hydrogen-bond donors (Lipinski definition) is 0. The van der Waals surface area contributed by atoms with Gasteiger partial charge in [-0.3, -0.25) is 0 Å². The molecular formula is C10H14ClHgN. The molecule has 0 unspecified atom stereocenters. The fourth-order valence-electron chi connectivity index (χ4n) is 0.945. The first-order chi connectivity index (χ1) is 5.22. The average Bonchev–Trinajstić information content (AvgIpc) is 2.05. The predicted octanol–water partition coefficient (Wildman–Crippen LogP) is -0.889. The Hall–Kier alpha value is 0.405. The van der Waals surface area contributed by atoms with Crippen LogP contribution in [0, 0.1) is 6.07 Å². The summed E-state index contributed by atoms with van der Waals surface area (Å²) in [4.78, 5) is 2.17. The van der Waals surface area contributed by atoms with E-state index in [4.69, 9.17) is 0 Å². The van der Waals surface area contributed by atoms with Crippen LogP contribution < -0.4 is 12.4 Å². The van der Waals surface area contributed by atoms with Gasteiger partial charge in [0.15, 0.2) is 0 Å². The van der Waals surface area contributed by atoms with Crippen LogP contribution in [0.25, 0.3) is 0 Å². The predicted molar refractivity (Wildman–Crippen MR) is 47.4 cm³/mol. The summed E-state index contributed by atoms with van der Waals surface area (Å²) in [5.41, 5.74) is 1.25. The summed E-state index contributed by atoms with van der Waals surface area (Å²) in [6, 6.07) is 11.8. The summed E-state index contributed by atoms with van der Waals surface area (Å²) in [5.74, 6) is 0. The Morgan fingerprint density at radius 3 is 2.31 bits per heavy atom. The quantitative estimate of drug-likeness (QED) is 0.599. The fraction of sp³-hybridized carbons (Fsp3) is 0.400. The zero-order chi connectivity index (χ0) is 8.27. The van der Waals surface area contributed by atoms with E-state index in [0.717, 1.165) is 0 Å². The molecule has 0 heterocycles. The maximum Gasteiger partial charge on any atom is 1.00 e. The summed E-state index contributed by atoms with van der Waals surface area (Å²) in [6.45, 7) is 2.17. The topological polar surface area (TPSA) is 3.24 Å². The molecule has 0 saturated heterocycles. The summed E-state index contributed by atoms with van der Waals surface area (Å²) in [5, 5.41) is 0. The Morgan fingerprint density at radius 2 is 1.92 bits per heavy atom. The van der Waals surface area contributed by atoms with Gasteiger partial charge in [-0.05, 0) is 32.6 Å². The fourth-order valence-corrected chi connectivity index (χ4v) is 0.945. The van der Waals surface area contributed by atoms with Crippen LogP contribution >= 0.6 is 0 Å². The third kappa shape index (κ3) is 4.99. The summed E-state index contributed by atoms with van der Waals surface area (Å²) in [6.07, 6.45) is 0. The van der Waals surface area contributed by atoms with Crippen LogP contribution in [0.4, 0.5) is 0 Å². The van der Waals surface area contributed by atoms with Crippen LogP contribution in [0.5, 0.6) is 0 Å². The van der Waals surface area contributed by atoms with Crippen molar-refractivity contribution in [1.82, 2.24) is 4.90 Å². The van der Waals surface area contributed by atoms with Crippen LogP contribution in [0.2, 0.25) is 0 Å². The van der Waals surface area contributed by atoms with Gasteiger partial charge in [0.2, 0.25) is 0 Å². The molecule has 0 aliphatic heterocycles. The molecule has 3 heteroatoms. The minimum absolute atomic E-state index is 0. The van der Waals surface area contributed by atoms with Gasteiger partial charge in [-0.25, -0.2) is 0 Å². The molecule has 1 aromatic carbocycles. The van der Waals surface area contributed by atoms with Gasteiger partial charge in [0.05, 0.1) is 0 Å².